The zero-order valence-electron chi connectivity index (χ0n) is 10.2. The maximum atomic E-state index is 11.7. The minimum absolute atomic E-state index is 0.0774. The Hall–Kier alpha value is -2.33. The van der Waals surface area contributed by atoms with Crippen molar-refractivity contribution in [2.75, 3.05) is 0 Å². The predicted molar refractivity (Wildman–Crippen MR) is 69.3 cm³/mol. The van der Waals surface area contributed by atoms with Crippen LogP contribution in [0.2, 0.25) is 0 Å². The fraction of sp³-hybridized carbons (Fsp3) is 0.133. The first-order valence-corrected chi connectivity index (χ1v) is 5.84. The van der Waals surface area contributed by atoms with Crippen LogP contribution < -0.4 is 0 Å². The van der Waals surface area contributed by atoms with E-state index in [-0.39, 0.29) is 12.4 Å². The van der Waals surface area contributed by atoms with E-state index >= 15 is 0 Å². The van der Waals surface area contributed by atoms with Gasteiger partial charge in [0.05, 0.1) is 0 Å². The second kappa shape index (κ2) is 6.02. The van der Waals surface area contributed by atoms with E-state index in [1.54, 1.807) is 0 Å². The van der Waals surface area contributed by atoms with Gasteiger partial charge in [0.2, 0.25) is 0 Å². The van der Waals surface area contributed by atoms with Crippen molar-refractivity contribution in [1.82, 2.24) is 0 Å². The van der Waals surface area contributed by atoms with Gasteiger partial charge >= 0.3 is 5.97 Å². The van der Waals surface area contributed by atoms with E-state index in [2.05, 4.69) is 0 Å². The third-order valence-electron chi connectivity index (χ3n) is 2.66. The van der Waals surface area contributed by atoms with Gasteiger partial charge in [-0.2, -0.15) is 0 Å². The monoisotopic (exact) mass is 258 g/mol. The predicted octanol–water partition coefficient (Wildman–Crippen LogP) is 2.17. The van der Waals surface area contributed by atoms with Gasteiger partial charge in [0, 0.05) is 0 Å². The Balaban J connectivity index is 1.94. The molecule has 2 rings (SSSR count). The van der Waals surface area contributed by atoms with Crippen molar-refractivity contribution >= 4 is 5.97 Å². The molecule has 4 heteroatoms. The van der Waals surface area contributed by atoms with Crippen molar-refractivity contribution < 1.29 is 19.7 Å². The average Bonchev–Trinajstić information content (AvgIpc) is 2.46. The van der Waals surface area contributed by atoms with Crippen molar-refractivity contribution in [3.8, 4) is 5.75 Å². The summed E-state index contributed by atoms with van der Waals surface area (Å²) in [6.07, 6.45) is -1.34. The first-order chi connectivity index (χ1) is 9.16. The lowest BCUT2D eigenvalue weighted by molar-refractivity contribution is -0.155. The molecule has 19 heavy (non-hydrogen) atoms. The Labute approximate surface area is 110 Å². The largest absolute Gasteiger partial charge is 0.508 e. The highest BCUT2D eigenvalue weighted by molar-refractivity contribution is 5.76. The molecule has 0 heterocycles. The lowest BCUT2D eigenvalue weighted by atomic mass is 10.1. The van der Waals surface area contributed by atoms with Crippen molar-refractivity contribution in [3.63, 3.8) is 0 Å². The average molecular weight is 258 g/mol. The van der Waals surface area contributed by atoms with E-state index < -0.39 is 12.1 Å². The van der Waals surface area contributed by atoms with Crippen LogP contribution in [0.1, 0.15) is 17.2 Å². The second-order valence-corrected chi connectivity index (χ2v) is 4.09. The standard InChI is InChI=1S/C15H14O4/c16-13-8-6-12(7-9-13)14(17)15(18)19-10-11-4-2-1-3-5-11/h1-9,14,16-17H,10H2/t14-/m1/s1. The highest BCUT2D eigenvalue weighted by Gasteiger charge is 2.18. The van der Waals surface area contributed by atoms with Gasteiger partial charge in [0.15, 0.2) is 6.10 Å². The third kappa shape index (κ3) is 3.56. The molecule has 0 unspecified atom stereocenters. The van der Waals surface area contributed by atoms with E-state index in [4.69, 9.17) is 9.84 Å². The fourth-order valence-corrected chi connectivity index (χ4v) is 1.60. The van der Waals surface area contributed by atoms with Gasteiger partial charge in [0.25, 0.3) is 0 Å². The third-order valence-corrected chi connectivity index (χ3v) is 2.66. The second-order valence-electron chi connectivity index (χ2n) is 4.09. The smallest absolute Gasteiger partial charge is 0.339 e. The number of aromatic hydroxyl groups is 1. The van der Waals surface area contributed by atoms with Crippen LogP contribution in [0.15, 0.2) is 54.6 Å². The molecule has 4 nitrogen and oxygen atoms in total. The SMILES string of the molecule is O=C(OCc1ccccc1)[C@H](O)c1ccc(O)cc1. The van der Waals surface area contributed by atoms with Crippen LogP contribution in [-0.4, -0.2) is 16.2 Å². The quantitative estimate of drug-likeness (QED) is 0.825. The van der Waals surface area contributed by atoms with Gasteiger partial charge in [-0.1, -0.05) is 42.5 Å². The summed E-state index contributed by atoms with van der Waals surface area (Å²) in [7, 11) is 0. The molecule has 98 valence electrons. The summed E-state index contributed by atoms with van der Waals surface area (Å²) in [6.45, 7) is 0.120. The molecule has 2 aromatic carbocycles. The lowest BCUT2D eigenvalue weighted by Crippen LogP contribution is -2.15. The van der Waals surface area contributed by atoms with Crippen LogP contribution in [0, 0.1) is 0 Å². The topological polar surface area (TPSA) is 66.8 Å². The molecule has 0 spiro atoms. The van der Waals surface area contributed by atoms with Crippen LogP contribution in [0.3, 0.4) is 0 Å². The number of ether oxygens (including phenoxy) is 1. The number of hydrogen-bond acceptors (Lipinski definition) is 4. The Morgan fingerprint density at radius 2 is 1.68 bits per heavy atom. The van der Waals surface area contributed by atoms with Crippen LogP contribution in [0.5, 0.6) is 5.75 Å². The fourth-order valence-electron chi connectivity index (χ4n) is 1.60. The molecular formula is C15H14O4. The number of hydrogen-bond donors (Lipinski definition) is 2. The number of aliphatic hydroxyl groups excluding tert-OH is 1. The lowest BCUT2D eigenvalue weighted by Gasteiger charge is -2.11. The molecule has 0 aliphatic heterocycles. The van der Waals surface area contributed by atoms with Crippen molar-refractivity contribution in [3.05, 3.63) is 65.7 Å². The van der Waals surface area contributed by atoms with Gasteiger partial charge < -0.3 is 14.9 Å². The number of benzene rings is 2. The van der Waals surface area contributed by atoms with Crippen molar-refractivity contribution in [2.45, 2.75) is 12.7 Å². The van der Waals surface area contributed by atoms with Gasteiger partial charge in [-0.15, -0.1) is 0 Å². The van der Waals surface area contributed by atoms with Crippen LogP contribution >= 0.6 is 0 Å². The molecule has 2 aromatic rings. The number of phenols is 1. The van der Waals surface area contributed by atoms with Gasteiger partial charge in [-0.3, -0.25) is 0 Å². The molecular weight excluding hydrogens is 244 g/mol. The van der Waals surface area contributed by atoms with Crippen molar-refractivity contribution in [2.24, 2.45) is 0 Å². The minimum atomic E-state index is -1.34. The number of carbonyl (C=O) groups excluding carboxylic acids is 1. The zero-order valence-corrected chi connectivity index (χ0v) is 10.2. The summed E-state index contributed by atoms with van der Waals surface area (Å²) in [5.74, 6) is -0.636. The summed E-state index contributed by atoms with van der Waals surface area (Å²) in [6, 6.07) is 15.0. The van der Waals surface area contributed by atoms with Gasteiger partial charge in [0.1, 0.15) is 12.4 Å². The maximum Gasteiger partial charge on any atom is 0.339 e. The minimum Gasteiger partial charge on any atom is -0.508 e. The molecule has 0 aliphatic rings. The van der Waals surface area contributed by atoms with Crippen LogP contribution in [0.4, 0.5) is 0 Å². The number of carbonyl (C=O) groups is 1. The molecule has 0 aromatic heterocycles. The molecule has 0 aliphatic carbocycles. The highest BCUT2D eigenvalue weighted by Crippen LogP contribution is 2.18. The van der Waals surface area contributed by atoms with E-state index in [0.29, 0.717) is 5.56 Å². The van der Waals surface area contributed by atoms with E-state index in [1.165, 1.54) is 24.3 Å². The van der Waals surface area contributed by atoms with Crippen molar-refractivity contribution in [1.29, 1.82) is 0 Å². The molecule has 0 bridgehead atoms. The molecule has 0 saturated carbocycles. The summed E-state index contributed by atoms with van der Waals surface area (Å²) in [5.41, 5.74) is 1.24. The normalized spacial score (nSPS) is 11.8. The van der Waals surface area contributed by atoms with E-state index in [0.717, 1.165) is 5.56 Å². The molecule has 0 radical (unpaired) electrons. The van der Waals surface area contributed by atoms with Gasteiger partial charge in [-0.05, 0) is 23.3 Å². The van der Waals surface area contributed by atoms with E-state index in [1.807, 2.05) is 30.3 Å². The number of rotatable bonds is 4. The maximum absolute atomic E-state index is 11.7. The Morgan fingerprint density at radius 1 is 1.05 bits per heavy atom. The van der Waals surface area contributed by atoms with Crippen LogP contribution in [-0.2, 0) is 16.1 Å². The Bertz CT molecular complexity index is 534. The molecule has 0 amide bonds. The number of esters is 1. The summed E-state index contributed by atoms with van der Waals surface area (Å²) in [4.78, 5) is 11.7. The van der Waals surface area contributed by atoms with Gasteiger partial charge in [-0.25, -0.2) is 4.79 Å². The summed E-state index contributed by atoms with van der Waals surface area (Å²) >= 11 is 0. The Kier molecular flexibility index (Phi) is 4.15. The first kappa shape index (κ1) is 13.1. The first-order valence-electron chi connectivity index (χ1n) is 5.84. The number of phenolic OH excluding ortho intramolecular Hbond substituents is 1. The molecule has 1 atom stereocenters. The van der Waals surface area contributed by atoms with E-state index in [9.17, 15) is 9.90 Å². The molecule has 2 N–H and O–H groups in total. The number of aliphatic hydroxyl groups is 1. The summed E-state index contributed by atoms with van der Waals surface area (Å²) < 4.78 is 5.02. The summed E-state index contributed by atoms with van der Waals surface area (Å²) in [5, 5.41) is 18.9. The van der Waals surface area contributed by atoms with Crippen LogP contribution in [0.25, 0.3) is 0 Å². The molecule has 0 saturated heterocycles. The highest BCUT2D eigenvalue weighted by atomic mass is 16.5. The molecule has 0 fully saturated rings. The Morgan fingerprint density at radius 3 is 2.32 bits per heavy atom. The zero-order chi connectivity index (χ0) is 13.7.